The third kappa shape index (κ3) is 6.15. The Hall–Kier alpha value is -0.650. The van der Waals surface area contributed by atoms with Crippen LogP contribution in [-0.2, 0) is 19.6 Å². The first-order valence-corrected chi connectivity index (χ1v) is 15.0. The SMILES string of the molecule is O=C(O)C1CC2CCC(OCC3C(F)CCCC3Cl)CC2N(S(=O)(=O)C2CCCC(C(F)(F)F)C2)C1. The molecule has 36 heavy (non-hydrogen) atoms. The van der Waals surface area contributed by atoms with Gasteiger partial charge in [-0.05, 0) is 70.1 Å². The molecule has 0 aromatic rings. The molecule has 0 spiro atoms. The fourth-order valence-electron chi connectivity index (χ4n) is 6.74. The summed E-state index contributed by atoms with van der Waals surface area (Å²) in [6.45, 7) is -0.102. The standard InChI is InChI=1S/C24H36ClF4NO5S/c25-20-5-2-6-21(26)19(20)13-35-17-8-7-14-9-15(23(31)32)12-30(22(14)11-17)36(33,34)18-4-1-3-16(10-18)24(27,28)29/h14-22H,1-13H2,(H,31,32). The van der Waals surface area contributed by atoms with E-state index in [0.717, 1.165) is 6.42 Å². The Morgan fingerprint density at radius 2 is 1.75 bits per heavy atom. The third-order valence-electron chi connectivity index (χ3n) is 8.87. The number of carboxylic acids is 1. The van der Waals surface area contributed by atoms with Crippen LogP contribution in [0.4, 0.5) is 17.6 Å². The minimum Gasteiger partial charge on any atom is -0.481 e. The molecule has 4 fully saturated rings. The second-order valence-corrected chi connectivity index (χ2v) is 13.9. The molecule has 12 heteroatoms. The van der Waals surface area contributed by atoms with E-state index in [4.69, 9.17) is 16.3 Å². The maximum absolute atomic E-state index is 14.4. The first-order valence-electron chi connectivity index (χ1n) is 13.1. The molecule has 1 N–H and O–H groups in total. The van der Waals surface area contributed by atoms with Gasteiger partial charge in [-0.3, -0.25) is 4.79 Å². The van der Waals surface area contributed by atoms with Crippen LogP contribution in [0.3, 0.4) is 0 Å². The summed E-state index contributed by atoms with van der Waals surface area (Å²) in [5.41, 5.74) is 0. The van der Waals surface area contributed by atoms with Crippen molar-refractivity contribution in [3.05, 3.63) is 0 Å². The van der Waals surface area contributed by atoms with E-state index in [-0.39, 0.29) is 49.8 Å². The lowest BCUT2D eigenvalue weighted by atomic mass is 9.75. The zero-order valence-electron chi connectivity index (χ0n) is 20.2. The van der Waals surface area contributed by atoms with Gasteiger partial charge in [-0.25, -0.2) is 12.8 Å². The first kappa shape index (κ1) is 28.4. The van der Waals surface area contributed by atoms with E-state index in [9.17, 15) is 35.9 Å². The van der Waals surface area contributed by atoms with Crippen molar-refractivity contribution in [2.45, 2.75) is 106 Å². The van der Waals surface area contributed by atoms with Crippen LogP contribution in [0.1, 0.15) is 70.6 Å². The van der Waals surface area contributed by atoms with Crippen molar-refractivity contribution >= 4 is 27.6 Å². The second-order valence-electron chi connectivity index (χ2n) is 11.1. The minimum atomic E-state index is -4.46. The van der Waals surface area contributed by atoms with E-state index in [0.29, 0.717) is 38.5 Å². The molecule has 3 aliphatic carbocycles. The van der Waals surface area contributed by atoms with Crippen molar-refractivity contribution in [2.24, 2.45) is 23.7 Å². The lowest BCUT2D eigenvalue weighted by molar-refractivity contribution is -0.181. The van der Waals surface area contributed by atoms with Crippen LogP contribution in [0, 0.1) is 23.7 Å². The predicted molar refractivity (Wildman–Crippen MR) is 126 cm³/mol. The smallest absolute Gasteiger partial charge is 0.391 e. The molecule has 208 valence electrons. The van der Waals surface area contributed by atoms with E-state index < -0.39 is 63.8 Å². The molecule has 0 aromatic heterocycles. The number of hydrogen-bond acceptors (Lipinski definition) is 4. The van der Waals surface area contributed by atoms with E-state index in [1.54, 1.807) is 0 Å². The number of rotatable bonds is 6. The number of ether oxygens (including phenoxy) is 1. The zero-order valence-corrected chi connectivity index (χ0v) is 21.8. The lowest BCUT2D eigenvalue weighted by Crippen LogP contribution is -2.58. The molecule has 1 heterocycles. The maximum Gasteiger partial charge on any atom is 0.391 e. The number of fused-ring (bicyclic) bond motifs is 1. The van der Waals surface area contributed by atoms with Crippen LogP contribution in [-0.4, -0.2) is 72.1 Å². The highest BCUT2D eigenvalue weighted by Crippen LogP contribution is 2.45. The van der Waals surface area contributed by atoms with Crippen molar-refractivity contribution in [3.8, 4) is 0 Å². The van der Waals surface area contributed by atoms with Gasteiger partial charge in [-0.1, -0.05) is 6.42 Å². The molecule has 6 nitrogen and oxygen atoms in total. The number of carbonyl (C=O) groups is 1. The van der Waals surface area contributed by atoms with Gasteiger partial charge in [0.15, 0.2) is 0 Å². The van der Waals surface area contributed by atoms with Gasteiger partial charge in [-0.2, -0.15) is 17.5 Å². The van der Waals surface area contributed by atoms with Gasteiger partial charge >= 0.3 is 12.1 Å². The van der Waals surface area contributed by atoms with Crippen molar-refractivity contribution in [1.82, 2.24) is 4.31 Å². The summed E-state index contributed by atoms with van der Waals surface area (Å²) in [5, 5.41) is 8.16. The van der Waals surface area contributed by atoms with Crippen LogP contribution >= 0.6 is 11.6 Å². The van der Waals surface area contributed by atoms with Gasteiger partial charge < -0.3 is 9.84 Å². The topological polar surface area (TPSA) is 83.9 Å². The molecular formula is C24H36ClF4NO5S. The quantitative estimate of drug-likeness (QED) is 0.358. The molecule has 3 saturated carbocycles. The lowest BCUT2D eigenvalue weighted by Gasteiger charge is -2.48. The van der Waals surface area contributed by atoms with E-state index in [1.165, 1.54) is 4.31 Å². The summed E-state index contributed by atoms with van der Waals surface area (Å²) in [4.78, 5) is 11.8. The number of aliphatic carboxylic acids is 1. The number of halogens is 5. The fraction of sp³-hybridized carbons (Fsp3) is 0.958. The molecule has 0 bridgehead atoms. The van der Waals surface area contributed by atoms with Gasteiger partial charge in [0.2, 0.25) is 10.0 Å². The van der Waals surface area contributed by atoms with Crippen molar-refractivity contribution < 1.29 is 40.6 Å². The average molecular weight is 562 g/mol. The molecule has 0 radical (unpaired) electrons. The highest BCUT2D eigenvalue weighted by molar-refractivity contribution is 7.89. The molecule has 4 rings (SSSR count). The van der Waals surface area contributed by atoms with Crippen molar-refractivity contribution in [3.63, 3.8) is 0 Å². The Balaban J connectivity index is 1.49. The summed E-state index contributed by atoms with van der Waals surface area (Å²) in [6.07, 6.45) is -2.45. The van der Waals surface area contributed by atoms with Crippen molar-refractivity contribution in [2.75, 3.05) is 13.2 Å². The number of nitrogens with zero attached hydrogens (tertiary/aromatic N) is 1. The largest absolute Gasteiger partial charge is 0.481 e. The molecule has 1 aliphatic heterocycles. The van der Waals surface area contributed by atoms with E-state index in [1.807, 2.05) is 0 Å². The summed E-state index contributed by atoms with van der Waals surface area (Å²) in [6, 6.07) is -0.532. The average Bonchev–Trinajstić information content (AvgIpc) is 2.82. The molecule has 0 amide bonds. The first-order chi connectivity index (χ1) is 16.9. The van der Waals surface area contributed by atoms with E-state index in [2.05, 4.69) is 0 Å². The summed E-state index contributed by atoms with van der Waals surface area (Å²) in [7, 11) is -4.16. The number of sulfonamides is 1. The molecule has 9 atom stereocenters. The van der Waals surface area contributed by atoms with Crippen LogP contribution < -0.4 is 0 Å². The minimum absolute atomic E-state index is 0.0897. The molecular weight excluding hydrogens is 526 g/mol. The number of piperidine rings is 1. The number of alkyl halides is 5. The van der Waals surface area contributed by atoms with E-state index >= 15 is 0 Å². The number of carboxylic acid groups (broad SMARTS) is 1. The van der Waals surface area contributed by atoms with Gasteiger partial charge in [0.1, 0.15) is 6.17 Å². The maximum atomic E-state index is 14.4. The molecule has 0 aromatic carbocycles. The summed E-state index contributed by atoms with van der Waals surface area (Å²) < 4.78 is 89.2. The van der Waals surface area contributed by atoms with Crippen LogP contribution in [0.2, 0.25) is 0 Å². The Morgan fingerprint density at radius 3 is 2.42 bits per heavy atom. The Kier molecular flexibility index (Phi) is 8.84. The van der Waals surface area contributed by atoms with Crippen LogP contribution in [0.25, 0.3) is 0 Å². The van der Waals surface area contributed by atoms with Gasteiger partial charge in [0, 0.05) is 23.9 Å². The van der Waals surface area contributed by atoms with Gasteiger partial charge in [0.25, 0.3) is 0 Å². The van der Waals surface area contributed by atoms with Gasteiger partial charge in [0.05, 0.1) is 29.8 Å². The fourth-order valence-corrected chi connectivity index (χ4v) is 9.47. The Bertz CT molecular complexity index is 880. The highest BCUT2D eigenvalue weighted by atomic mass is 35.5. The normalized spacial score (nSPS) is 41.0. The van der Waals surface area contributed by atoms with Crippen LogP contribution in [0.5, 0.6) is 0 Å². The molecule has 1 saturated heterocycles. The van der Waals surface area contributed by atoms with Crippen molar-refractivity contribution in [1.29, 1.82) is 0 Å². The second kappa shape index (κ2) is 11.2. The van der Waals surface area contributed by atoms with Gasteiger partial charge in [-0.15, -0.1) is 11.6 Å². The molecule has 4 aliphatic rings. The van der Waals surface area contributed by atoms with Crippen LogP contribution in [0.15, 0.2) is 0 Å². The third-order valence-corrected chi connectivity index (χ3v) is 11.8. The zero-order chi connectivity index (χ0) is 26.3. The predicted octanol–water partition coefficient (Wildman–Crippen LogP) is 5.14. The Labute approximate surface area is 215 Å². The highest BCUT2D eigenvalue weighted by Gasteiger charge is 2.51. The summed E-state index contributed by atoms with van der Waals surface area (Å²) in [5.74, 6) is -4.30. The summed E-state index contributed by atoms with van der Waals surface area (Å²) >= 11 is 6.32. The Morgan fingerprint density at radius 1 is 1.03 bits per heavy atom. The molecule has 9 unspecified atom stereocenters. The number of hydrogen-bond donors (Lipinski definition) is 1. The monoisotopic (exact) mass is 561 g/mol.